The second-order valence-corrected chi connectivity index (χ2v) is 4.63. The first kappa shape index (κ1) is 12.6. The lowest BCUT2D eigenvalue weighted by Gasteiger charge is -2.31. The average Bonchev–Trinajstić information content (AvgIpc) is 2.38. The van der Waals surface area contributed by atoms with E-state index in [1.807, 2.05) is 4.90 Å². The molecule has 7 heteroatoms. The Labute approximate surface area is 105 Å². The smallest absolute Gasteiger partial charge is 0.311 e. The molecule has 0 aliphatic carbocycles. The fraction of sp³-hybridized carbons (Fsp3) is 0.545. The van der Waals surface area contributed by atoms with Gasteiger partial charge in [0.05, 0.1) is 4.92 Å². The van der Waals surface area contributed by atoms with E-state index in [0.717, 1.165) is 25.9 Å². The van der Waals surface area contributed by atoms with Crippen LogP contribution in [0.15, 0.2) is 12.1 Å². The number of nitrogens with zero attached hydrogens (tertiary/aromatic N) is 3. The number of nitrogens with two attached hydrogens (primary N) is 1. The molecule has 0 bridgehead atoms. The van der Waals surface area contributed by atoms with E-state index >= 15 is 0 Å². The van der Waals surface area contributed by atoms with Crippen LogP contribution >= 0.6 is 0 Å². The van der Waals surface area contributed by atoms with Crippen LogP contribution in [-0.4, -0.2) is 23.0 Å². The highest BCUT2D eigenvalue weighted by molar-refractivity contribution is 5.61. The molecule has 1 aromatic heterocycles. The monoisotopic (exact) mass is 251 g/mol. The van der Waals surface area contributed by atoms with Crippen LogP contribution in [0.3, 0.4) is 0 Å². The molecule has 1 saturated heterocycles. The summed E-state index contributed by atoms with van der Waals surface area (Å²) in [6.45, 7) is 3.73. The molecule has 2 heterocycles. The Bertz CT molecular complexity index is 451. The molecule has 1 aromatic rings. The Morgan fingerprint density at radius 2 is 2.39 bits per heavy atom. The van der Waals surface area contributed by atoms with E-state index in [4.69, 9.17) is 5.84 Å². The van der Waals surface area contributed by atoms with E-state index in [-0.39, 0.29) is 5.69 Å². The molecule has 1 aliphatic heterocycles. The van der Waals surface area contributed by atoms with Crippen molar-refractivity contribution in [3.63, 3.8) is 0 Å². The molecule has 1 fully saturated rings. The first-order valence-corrected chi connectivity index (χ1v) is 5.99. The summed E-state index contributed by atoms with van der Waals surface area (Å²) < 4.78 is 0. The highest BCUT2D eigenvalue weighted by Gasteiger charge is 2.25. The fourth-order valence-corrected chi connectivity index (χ4v) is 2.28. The predicted molar refractivity (Wildman–Crippen MR) is 69.3 cm³/mol. The summed E-state index contributed by atoms with van der Waals surface area (Å²) >= 11 is 0. The van der Waals surface area contributed by atoms with Crippen LogP contribution in [0, 0.1) is 16.0 Å². The first-order chi connectivity index (χ1) is 8.61. The zero-order valence-electron chi connectivity index (χ0n) is 10.3. The van der Waals surface area contributed by atoms with Crippen LogP contribution in [0.4, 0.5) is 17.3 Å². The summed E-state index contributed by atoms with van der Waals surface area (Å²) in [6, 6.07) is 2.95. The maximum atomic E-state index is 11.0. The van der Waals surface area contributed by atoms with Gasteiger partial charge < -0.3 is 10.3 Å². The molecular formula is C11H17N5O2. The highest BCUT2D eigenvalue weighted by atomic mass is 16.6. The minimum absolute atomic E-state index is 0.0306. The molecule has 1 aliphatic rings. The molecule has 0 aromatic carbocycles. The standard InChI is InChI=1S/C11H17N5O2/c1-8-3-2-6-15(7-8)11-9(16(17)18)4-5-10(13-11)14-12/h4-5,8H,2-3,6-7,12H2,1H3,(H,13,14). The van der Waals surface area contributed by atoms with Crippen LogP contribution in [0.25, 0.3) is 0 Å². The van der Waals surface area contributed by atoms with Gasteiger partial charge in [0.25, 0.3) is 0 Å². The Morgan fingerprint density at radius 3 is 3.00 bits per heavy atom. The van der Waals surface area contributed by atoms with Crippen LogP contribution in [0.2, 0.25) is 0 Å². The van der Waals surface area contributed by atoms with Gasteiger partial charge in [0.15, 0.2) is 0 Å². The molecule has 0 amide bonds. The van der Waals surface area contributed by atoms with Gasteiger partial charge in [0, 0.05) is 19.2 Å². The topological polar surface area (TPSA) is 97.3 Å². The molecule has 0 spiro atoms. The van der Waals surface area contributed by atoms with Gasteiger partial charge in [0.2, 0.25) is 5.82 Å². The number of pyridine rings is 1. The van der Waals surface area contributed by atoms with E-state index in [1.165, 1.54) is 12.1 Å². The summed E-state index contributed by atoms with van der Waals surface area (Å²) in [5.41, 5.74) is 2.45. The number of hydrogen-bond donors (Lipinski definition) is 2. The number of hydrazine groups is 1. The maximum absolute atomic E-state index is 11.0. The lowest BCUT2D eigenvalue weighted by atomic mass is 10.0. The van der Waals surface area contributed by atoms with Crippen molar-refractivity contribution in [3.05, 3.63) is 22.2 Å². The van der Waals surface area contributed by atoms with Crippen LogP contribution in [0.1, 0.15) is 19.8 Å². The molecule has 18 heavy (non-hydrogen) atoms. The van der Waals surface area contributed by atoms with Gasteiger partial charge in [-0.25, -0.2) is 10.8 Å². The van der Waals surface area contributed by atoms with Gasteiger partial charge in [-0.2, -0.15) is 0 Å². The Kier molecular flexibility index (Phi) is 3.61. The summed E-state index contributed by atoms with van der Waals surface area (Å²) in [4.78, 5) is 16.8. The van der Waals surface area contributed by atoms with E-state index < -0.39 is 4.92 Å². The number of piperidine rings is 1. The zero-order chi connectivity index (χ0) is 13.1. The van der Waals surface area contributed by atoms with Gasteiger partial charge in [-0.1, -0.05) is 6.92 Å². The quantitative estimate of drug-likeness (QED) is 0.480. The minimum Gasteiger partial charge on any atom is -0.351 e. The molecule has 98 valence electrons. The van der Waals surface area contributed by atoms with E-state index in [2.05, 4.69) is 17.3 Å². The molecule has 0 radical (unpaired) electrons. The number of anilines is 2. The van der Waals surface area contributed by atoms with Gasteiger partial charge >= 0.3 is 5.69 Å². The summed E-state index contributed by atoms with van der Waals surface area (Å²) in [7, 11) is 0. The number of nitrogens with one attached hydrogen (secondary N) is 1. The van der Waals surface area contributed by atoms with Crippen molar-refractivity contribution in [1.29, 1.82) is 0 Å². The average molecular weight is 251 g/mol. The number of aromatic nitrogens is 1. The van der Waals surface area contributed by atoms with Crippen molar-refractivity contribution in [1.82, 2.24) is 4.98 Å². The number of nitrogen functional groups attached to an aromatic ring is 1. The Morgan fingerprint density at radius 1 is 1.61 bits per heavy atom. The molecule has 1 atom stereocenters. The van der Waals surface area contributed by atoms with Crippen molar-refractivity contribution in [2.24, 2.45) is 11.8 Å². The number of nitro groups is 1. The zero-order valence-corrected chi connectivity index (χ0v) is 10.3. The normalized spacial score (nSPS) is 19.7. The van der Waals surface area contributed by atoms with E-state index in [9.17, 15) is 10.1 Å². The van der Waals surface area contributed by atoms with E-state index in [0.29, 0.717) is 17.6 Å². The molecule has 7 nitrogen and oxygen atoms in total. The SMILES string of the molecule is CC1CCCN(c2nc(NN)ccc2[N+](=O)[O-])C1. The van der Waals surface area contributed by atoms with Gasteiger partial charge in [-0.3, -0.25) is 10.1 Å². The number of rotatable bonds is 3. The molecule has 3 N–H and O–H groups in total. The van der Waals surface area contributed by atoms with Gasteiger partial charge in [0.1, 0.15) is 5.82 Å². The lowest BCUT2D eigenvalue weighted by molar-refractivity contribution is -0.384. The van der Waals surface area contributed by atoms with Crippen LogP contribution < -0.4 is 16.2 Å². The van der Waals surface area contributed by atoms with Crippen LogP contribution in [0.5, 0.6) is 0 Å². The minimum atomic E-state index is -0.401. The third kappa shape index (κ3) is 2.51. The largest absolute Gasteiger partial charge is 0.351 e. The third-order valence-electron chi connectivity index (χ3n) is 3.16. The fourth-order valence-electron chi connectivity index (χ4n) is 2.28. The molecule has 1 unspecified atom stereocenters. The Hall–Kier alpha value is -1.89. The van der Waals surface area contributed by atoms with Gasteiger partial charge in [-0.15, -0.1) is 0 Å². The van der Waals surface area contributed by atoms with Crippen molar-refractivity contribution >= 4 is 17.3 Å². The summed E-state index contributed by atoms with van der Waals surface area (Å²) in [5.74, 6) is 6.67. The van der Waals surface area contributed by atoms with Crippen molar-refractivity contribution in [3.8, 4) is 0 Å². The second-order valence-electron chi connectivity index (χ2n) is 4.63. The molecular weight excluding hydrogens is 234 g/mol. The van der Waals surface area contributed by atoms with Gasteiger partial charge in [-0.05, 0) is 24.8 Å². The summed E-state index contributed by atoms with van der Waals surface area (Å²) in [6.07, 6.45) is 2.18. The van der Waals surface area contributed by atoms with Crippen molar-refractivity contribution in [2.75, 3.05) is 23.4 Å². The first-order valence-electron chi connectivity index (χ1n) is 5.99. The van der Waals surface area contributed by atoms with Crippen LogP contribution in [-0.2, 0) is 0 Å². The molecule has 2 rings (SSSR count). The molecule has 0 saturated carbocycles. The van der Waals surface area contributed by atoms with E-state index in [1.54, 1.807) is 0 Å². The summed E-state index contributed by atoms with van der Waals surface area (Å²) in [5, 5.41) is 11.0. The van der Waals surface area contributed by atoms with Crippen molar-refractivity contribution < 1.29 is 4.92 Å². The number of hydrogen-bond acceptors (Lipinski definition) is 6. The third-order valence-corrected chi connectivity index (χ3v) is 3.16. The predicted octanol–water partition coefficient (Wildman–Crippen LogP) is 1.51. The lowest BCUT2D eigenvalue weighted by Crippen LogP contribution is -2.35. The highest BCUT2D eigenvalue weighted by Crippen LogP contribution is 2.30. The second kappa shape index (κ2) is 5.18. The Balaban J connectivity index is 2.36. The van der Waals surface area contributed by atoms with Crippen molar-refractivity contribution in [2.45, 2.75) is 19.8 Å². The maximum Gasteiger partial charge on any atom is 0.311 e.